The van der Waals surface area contributed by atoms with E-state index in [1.807, 2.05) is 85.8 Å². The summed E-state index contributed by atoms with van der Waals surface area (Å²) in [6, 6.07) is 20.9. The summed E-state index contributed by atoms with van der Waals surface area (Å²) in [5.74, 6) is -2.00. The van der Waals surface area contributed by atoms with Crippen molar-refractivity contribution in [3.63, 3.8) is 0 Å². The fourth-order valence-corrected chi connectivity index (χ4v) is 6.47. The van der Waals surface area contributed by atoms with Gasteiger partial charge in [0.2, 0.25) is 23.6 Å². The lowest BCUT2D eigenvalue weighted by Gasteiger charge is -2.26. The predicted molar refractivity (Wildman–Crippen MR) is 227 cm³/mol. The summed E-state index contributed by atoms with van der Waals surface area (Å²) in [4.78, 5) is 83.1. The molecule has 316 valence electrons. The van der Waals surface area contributed by atoms with Gasteiger partial charge in [-0.05, 0) is 82.2 Å². The van der Waals surface area contributed by atoms with Crippen LogP contribution in [0.5, 0.6) is 0 Å². The molecule has 3 atom stereocenters. The maximum atomic E-state index is 14.0. The van der Waals surface area contributed by atoms with Crippen molar-refractivity contribution in [2.24, 2.45) is 5.73 Å². The van der Waals surface area contributed by atoms with E-state index >= 15 is 0 Å². The quantitative estimate of drug-likeness (QED) is 0.0616. The normalized spacial score (nSPS) is 12.7. The highest BCUT2D eigenvalue weighted by atomic mass is 16.6. The zero-order valence-electron chi connectivity index (χ0n) is 34.6. The number of carbonyl (C=O) groups excluding carboxylic acids is 6. The second-order valence-corrected chi connectivity index (χ2v) is 15.5. The van der Waals surface area contributed by atoms with Gasteiger partial charge < -0.3 is 46.9 Å². The van der Waals surface area contributed by atoms with Crippen LogP contribution < -0.4 is 32.3 Å². The molecule has 0 spiro atoms. The summed E-state index contributed by atoms with van der Waals surface area (Å²) in [6.45, 7) is 7.47. The molecule has 0 aliphatic rings. The van der Waals surface area contributed by atoms with E-state index in [1.54, 1.807) is 27.0 Å². The number of H-pyrrole nitrogens is 1. The molecule has 0 bridgehead atoms. The molecule has 0 aliphatic carbocycles. The number of para-hydroxylation sites is 2. The van der Waals surface area contributed by atoms with Gasteiger partial charge in [0.1, 0.15) is 23.7 Å². The van der Waals surface area contributed by atoms with Crippen molar-refractivity contribution in [3.8, 4) is 0 Å². The van der Waals surface area contributed by atoms with Gasteiger partial charge in [0.05, 0.1) is 0 Å². The Morgan fingerprint density at radius 3 is 2.17 bits per heavy atom. The Labute approximate surface area is 345 Å². The number of ether oxygens (including phenoxy) is 1. The third-order valence-electron chi connectivity index (χ3n) is 9.67. The van der Waals surface area contributed by atoms with Gasteiger partial charge >= 0.3 is 12.1 Å². The molecule has 3 aromatic carbocycles. The molecule has 15 heteroatoms. The van der Waals surface area contributed by atoms with Crippen LogP contribution in [0.2, 0.25) is 0 Å². The van der Waals surface area contributed by atoms with Crippen molar-refractivity contribution in [1.29, 1.82) is 0 Å². The molecule has 7 amide bonds. The Morgan fingerprint density at radius 2 is 1.46 bits per heavy atom. The Kier molecular flexibility index (Phi) is 16.9. The molecule has 15 nitrogen and oxygen atoms in total. The monoisotopic (exact) mass is 810 g/mol. The van der Waals surface area contributed by atoms with Gasteiger partial charge in [-0.15, -0.1) is 0 Å². The van der Waals surface area contributed by atoms with Crippen LogP contribution in [0.15, 0.2) is 85.1 Å². The van der Waals surface area contributed by atoms with E-state index in [-0.39, 0.29) is 50.6 Å². The van der Waals surface area contributed by atoms with E-state index in [4.69, 9.17) is 10.5 Å². The van der Waals surface area contributed by atoms with Gasteiger partial charge in [-0.2, -0.15) is 0 Å². The number of carbonyl (C=O) groups is 6. The minimum Gasteiger partial charge on any atom is -0.444 e. The van der Waals surface area contributed by atoms with Crippen LogP contribution >= 0.6 is 0 Å². The Hall–Kier alpha value is -6.38. The van der Waals surface area contributed by atoms with Crippen molar-refractivity contribution in [1.82, 2.24) is 31.2 Å². The highest BCUT2D eigenvalue weighted by Crippen LogP contribution is 2.20. The second-order valence-electron chi connectivity index (χ2n) is 15.5. The third-order valence-corrected chi connectivity index (χ3v) is 9.67. The van der Waals surface area contributed by atoms with E-state index in [0.717, 1.165) is 27.6 Å². The molecular weight excluding hydrogens is 753 g/mol. The van der Waals surface area contributed by atoms with E-state index in [1.165, 1.54) is 11.9 Å². The van der Waals surface area contributed by atoms with Gasteiger partial charge in [0.25, 0.3) is 0 Å². The molecule has 0 saturated heterocycles. The number of nitrogens with two attached hydrogens (primary N) is 1. The number of primary amides is 1. The van der Waals surface area contributed by atoms with E-state index in [2.05, 4.69) is 31.6 Å². The van der Waals surface area contributed by atoms with E-state index < -0.39 is 47.5 Å². The number of anilines is 1. The lowest BCUT2D eigenvalue weighted by molar-refractivity contribution is -0.137. The van der Waals surface area contributed by atoms with E-state index in [9.17, 15) is 28.8 Å². The second kappa shape index (κ2) is 22.0. The lowest BCUT2D eigenvalue weighted by atomic mass is 10.0. The van der Waals surface area contributed by atoms with Crippen molar-refractivity contribution >= 4 is 52.3 Å². The predicted octanol–water partition coefficient (Wildman–Crippen LogP) is 4.84. The molecule has 8 N–H and O–H groups in total. The molecule has 0 aliphatic heterocycles. The number of alkyl carbamates (subject to hydrolysis) is 1. The summed E-state index contributed by atoms with van der Waals surface area (Å²) >= 11 is 0. The largest absolute Gasteiger partial charge is 0.444 e. The summed E-state index contributed by atoms with van der Waals surface area (Å²) in [5.41, 5.74) is 8.96. The first-order chi connectivity index (χ1) is 28.1. The van der Waals surface area contributed by atoms with Crippen molar-refractivity contribution in [2.45, 2.75) is 96.4 Å². The highest BCUT2D eigenvalue weighted by Gasteiger charge is 2.30. The average molecular weight is 811 g/mol. The first kappa shape index (κ1) is 45.3. The summed E-state index contributed by atoms with van der Waals surface area (Å²) < 4.78 is 5.48. The maximum Gasteiger partial charge on any atom is 0.408 e. The highest BCUT2D eigenvalue weighted by molar-refractivity contribution is 5.93. The number of fused-ring (bicyclic) bond motifs is 1. The van der Waals surface area contributed by atoms with Gasteiger partial charge in [-0.3, -0.25) is 19.2 Å². The first-order valence-electron chi connectivity index (χ1n) is 19.9. The number of unbranched alkanes of at least 4 members (excludes halogenated alkanes) is 1. The topological polar surface area (TPSA) is 217 Å². The van der Waals surface area contributed by atoms with Crippen LogP contribution in [-0.2, 0) is 36.8 Å². The summed E-state index contributed by atoms with van der Waals surface area (Å²) in [5, 5.41) is 14.9. The molecule has 59 heavy (non-hydrogen) atoms. The molecule has 0 radical (unpaired) electrons. The average Bonchev–Trinajstić information content (AvgIpc) is 3.60. The zero-order valence-corrected chi connectivity index (χ0v) is 34.6. The number of nitrogens with one attached hydrogen (secondary N) is 6. The van der Waals surface area contributed by atoms with Crippen LogP contribution in [0.1, 0.15) is 69.6 Å². The molecule has 4 aromatic rings. The molecule has 4 rings (SSSR count). The first-order valence-corrected chi connectivity index (χ1v) is 19.9. The fraction of sp³-hybridized carbons (Fsp3) is 0.409. The summed E-state index contributed by atoms with van der Waals surface area (Å²) in [6.07, 6.45) is 2.83. The number of rotatable bonds is 20. The van der Waals surface area contributed by atoms with Crippen LogP contribution in [0.4, 0.5) is 15.3 Å². The number of hydrogen-bond acceptors (Lipinski definition) is 7. The van der Waals surface area contributed by atoms with Crippen molar-refractivity contribution in [3.05, 3.63) is 102 Å². The van der Waals surface area contributed by atoms with Crippen LogP contribution in [0.3, 0.4) is 0 Å². The lowest BCUT2D eigenvalue weighted by Crippen LogP contribution is -2.55. The van der Waals surface area contributed by atoms with E-state index in [0.29, 0.717) is 25.1 Å². The number of amides is 7. The number of nitrogens with zero attached hydrogens (tertiary/aromatic N) is 1. The Bertz CT molecular complexity index is 2050. The maximum absolute atomic E-state index is 14.0. The SMILES string of the molecule is Cc1ccccc1NC(=O)NCCCC[C@H](NC(=O)C(Cc1c[nH]c2ccccc12)NC(=O)OC(C)(C)C)C(=O)NCCCC(=O)N(C)C(Cc1ccccc1)C(N)=O. The molecule has 1 heterocycles. The molecule has 2 unspecified atom stereocenters. The zero-order chi connectivity index (χ0) is 43.0. The van der Waals surface area contributed by atoms with Gasteiger partial charge in [-0.25, -0.2) is 9.59 Å². The fourth-order valence-electron chi connectivity index (χ4n) is 6.47. The number of benzene rings is 3. The van der Waals surface area contributed by atoms with Gasteiger partial charge in [0, 0.05) is 62.2 Å². The number of hydrogen-bond donors (Lipinski definition) is 7. The van der Waals surface area contributed by atoms with Crippen LogP contribution in [0, 0.1) is 6.92 Å². The molecular formula is C44H58N8O7. The molecule has 0 saturated carbocycles. The van der Waals surface area contributed by atoms with Gasteiger partial charge in [-0.1, -0.05) is 66.7 Å². The smallest absolute Gasteiger partial charge is 0.408 e. The number of urea groups is 1. The van der Waals surface area contributed by atoms with Gasteiger partial charge in [0.15, 0.2) is 0 Å². The minimum atomic E-state index is -1.10. The number of aromatic nitrogens is 1. The third kappa shape index (κ3) is 14.8. The Morgan fingerprint density at radius 1 is 0.780 bits per heavy atom. The van der Waals surface area contributed by atoms with Crippen molar-refractivity contribution < 1.29 is 33.5 Å². The van der Waals surface area contributed by atoms with Crippen LogP contribution in [-0.4, -0.2) is 89.5 Å². The standard InChI is InChI=1S/C44H58N8O7/c1-29-16-9-11-20-33(29)50-42(57)47-24-14-13-22-35(40(55)46-25-15-23-38(53)52(5)37(39(45)54)26-30-17-7-6-8-18-30)49-41(56)36(51-43(58)59-44(2,3)4)27-31-28-48-34-21-12-10-19-32(31)34/h6-12,16-21,28,35-37,48H,13-15,22-27H2,1-5H3,(H2,45,54)(H,46,55)(H,49,56)(H,51,58)(H2,47,50,57)/t35-,36?,37?/m0/s1. The Balaban J connectivity index is 1.40. The summed E-state index contributed by atoms with van der Waals surface area (Å²) in [7, 11) is 1.53. The molecule has 1 aromatic heterocycles. The minimum absolute atomic E-state index is 0.0368. The van der Waals surface area contributed by atoms with Crippen LogP contribution in [0.25, 0.3) is 10.9 Å². The number of aromatic amines is 1. The van der Waals surface area contributed by atoms with Crippen molar-refractivity contribution in [2.75, 3.05) is 25.5 Å². The molecule has 0 fully saturated rings. The number of likely N-dealkylation sites (N-methyl/N-ethyl adjacent to an activating group) is 1. The number of aryl methyl sites for hydroxylation is 1.